The van der Waals surface area contributed by atoms with E-state index < -0.39 is 0 Å². The number of fused-ring (bicyclic) bond motifs is 1. The second-order valence-corrected chi connectivity index (χ2v) is 8.26. The number of rotatable bonds is 5. The summed E-state index contributed by atoms with van der Waals surface area (Å²) in [6.45, 7) is 3.86. The molecule has 0 aliphatic heterocycles. The first kappa shape index (κ1) is 20.9. The van der Waals surface area contributed by atoms with Gasteiger partial charge in [0.15, 0.2) is 0 Å². The van der Waals surface area contributed by atoms with Crippen LogP contribution in [0.1, 0.15) is 18.1 Å². The number of methoxy groups -OCH3 is 1. The van der Waals surface area contributed by atoms with E-state index >= 15 is 0 Å². The highest BCUT2D eigenvalue weighted by Crippen LogP contribution is 2.37. The molecule has 4 aromatic rings. The van der Waals surface area contributed by atoms with Gasteiger partial charge in [-0.3, -0.25) is 4.79 Å². The van der Waals surface area contributed by atoms with Gasteiger partial charge in [0.05, 0.1) is 13.4 Å². The maximum absolute atomic E-state index is 12.7. The Balaban J connectivity index is 1.70. The van der Waals surface area contributed by atoms with Crippen molar-refractivity contribution >= 4 is 44.1 Å². The van der Waals surface area contributed by atoms with Crippen molar-refractivity contribution in [1.82, 2.24) is 0 Å². The topological polar surface area (TPSA) is 51.5 Å². The third-order valence-electron chi connectivity index (χ3n) is 5.20. The van der Waals surface area contributed by atoms with Crippen LogP contribution in [0.5, 0.6) is 5.75 Å². The lowest BCUT2D eigenvalue weighted by Crippen LogP contribution is -2.09. The number of aryl methyl sites for hydroxylation is 1. The zero-order valence-electron chi connectivity index (χ0n) is 17.5. The van der Waals surface area contributed by atoms with Crippen molar-refractivity contribution in [2.45, 2.75) is 13.8 Å². The smallest absolute Gasteiger partial charge is 0.248 e. The van der Waals surface area contributed by atoms with Crippen LogP contribution in [0, 0.1) is 6.92 Å². The molecule has 0 atom stereocenters. The van der Waals surface area contributed by atoms with Gasteiger partial charge in [0.25, 0.3) is 0 Å². The second-order valence-electron chi connectivity index (χ2n) is 7.34. The fourth-order valence-corrected chi connectivity index (χ4v) is 4.06. The zero-order valence-corrected chi connectivity index (χ0v) is 19.1. The van der Waals surface area contributed by atoms with Crippen molar-refractivity contribution in [2.24, 2.45) is 0 Å². The van der Waals surface area contributed by atoms with Crippen LogP contribution in [0.25, 0.3) is 27.7 Å². The molecule has 0 fully saturated rings. The van der Waals surface area contributed by atoms with E-state index in [0.717, 1.165) is 49.0 Å². The summed E-state index contributed by atoms with van der Waals surface area (Å²) in [6, 6.07) is 19.7. The molecule has 1 heterocycles. The number of furan rings is 1. The van der Waals surface area contributed by atoms with E-state index in [2.05, 4.69) is 21.2 Å². The largest absolute Gasteiger partial charge is 0.496 e. The summed E-state index contributed by atoms with van der Waals surface area (Å²) in [5, 5.41) is 3.92. The summed E-state index contributed by atoms with van der Waals surface area (Å²) in [4.78, 5) is 12.7. The molecule has 0 aliphatic rings. The Bertz CT molecular complexity index is 1290. The minimum absolute atomic E-state index is 0.194. The van der Waals surface area contributed by atoms with E-state index in [-0.39, 0.29) is 5.91 Å². The van der Waals surface area contributed by atoms with Gasteiger partial charge >= 0.3 is 0 Å². The molecule has 5 heteroatoms. The van der Waals surface area contributed by atoms with Crippen LogP contribution in [0.4, 0.5) is 5.69 Å². The lowest BCUT2D eigenvalue weighted by atomic mass is 9.99. The van der Waals surface area contributed by atoms with Crippen molar-refractivity contribution < 1.29 is 13.9 Å². The van der Waals surface area contributed by atoms with E-state index in [4.69, 9.17) is 9.15 Å². The van der Waals surface area contributed by atoms with Crippen LogP contribution >= 0.6 is 15.9 Å². The van der Waals surface area contributed by atoms with E-state index in [1.807, 2.05) is 74.5 Å². The molecule has 156 valence electrons. The third-order valence-corrected chi connectivity index (χ3v) is 5.69. The van der Waals surface area contributed by atoms with E-state index in [1.165, 1.54) is 0 Å². The summed E-state index contributed by atoms with van der Waals surface area (Å²) >= 11 is 3.44. The molecule has 3 aromatic carbocycles. The Morgan fingerprint density at radius 1 is 1.10 bits per heavy atom. The maximum Gasteiger partial charge on any atom is 0.248 e. The van der Waals surface area contributed by atoms with Gasteiger partial charge in [0, 0.05) is 38.8 Å². The monoisotopic (exact) mass is 475 g/mol. The zero-order chi connectivity index (χ0) is 22.0. The van der Waals surface area contributed by atoms with Crippen LogP contribution in [-0.2, 0) is 4.79 Å². The number of carbonyl (C=O) groups is 1. The van der Waals surface area contributed by atoms with Gasteiger partial charge in [0.1, 0.15) is 11.3 Å². The average Bonchev–Trinajstić information content (AvgIpc) is 3.18. The fourth-order valence-electron chi connectivity index (χ4n) is 3.58. The molecular weight excluding hydrogens is 454 g/mol. The standard InChI is InChI=1S/C26H22BrNO3/c1-16(12-26(29)28-23-10-9-19(27)11-17(23)2)20-13-21-22(18-7-5-4-6-8-18)15-31-25(21)14-24(20)30-3/h4-15H,1-3H3,(H,28,29)/b16-12+. The minimum atomic E-state index is -0.194. The Hall–Kier alpha value is -3.31. The van der Waals surface area contributed by atoms with E-state index in [1.54, 1.807) is 19.4 Å². The molecule has 0 aliphatic carbocycles. The number of hydrogen-bond donors (Lipinski definition) is 1. The molecule has 0 saturated carbocycles. The first-order chi connectivity index (χ1) is 15.0. The van der Waals surface area contributed by atoms with Crippen LogP contribution < -0.4 is 10.1 Å². The minimum Gasteiger partial charge on any atom is -0.496 e. The number of anilines is 1. The molecule has 0 spiro atoms. The molecule has 31 heavy (non-hydrogen) atoms. The summed E-state index contributed by atoms with van der Waals surface area (Å²) in [5.41, 5.74) is 6.22. The van der Waals surface area contributed by atoms with Crippen molar-refractivity contribution in [2.75, 3.05) is 12.4 Å². The molecule has 4 rings (SSSR count). The number of amides is 1. The molecule has 0 radical (unpaired) electrons. The molecule has 0 saturated heterocycles. The Morgan fingerprint density at radius 3 is 2.58 bits per heavy atom. The maximum atomic E-state index is 12.7. The van der Waals surface area contributed by atoms with Gasteiger partial charge in [0.2, 0.25) is 5.91 Å². The number of halogens is 1. The number of hydrogen-bond acceptors (Lipinski definition) is 3. The second kappa shape index (κ2) is 8.82. The van der Waals surface area contributed by atoms with E-state index in [0.29, 0.717) is 5.75 Å². The molecule has 1 amide bonds. The molecular formula is C26H22BrNO3. The summed E-state index contributed by atoms with van der Waals surface area (Å²) in [6.07, 6.45) is 3.35. The fraction of sp³-hybridized carbons (Fsp3) is 0.115. The highest BCUT2D eigenvalue weighted by Gasteiger charge is 2.15. The molecule has 0 unspecified atom stereocenters. The van der Waals surface area contributed by atoms with Crippen molar-refractivity contribution in [3.05, 3.63) is 88.6 Å². The number of carbonyl (C=O) groups excluding carboxylic acids is 1. The van der Waals surface area contributed by atoms with Crippen molar-refractivity contribution in [1.29, 1.82) is 0 Å². The predicted molar refractivity (Wildman–Crippen MR) is 129 cm³/mol. The Labute approximate surface area is 189 Å². The van der Waals surface area contributed by atoms with Crippen molar-refractivity contribution in [3.8, 4) is 16.9 Å². The van der Waals surface area contributed by atoms with Crippen LogP contribution in [0.15, 0.2) is 81.9 Å². The SMILES string of the molecule is COc1cc2occ(-c3ccccc3)c2cc1/C(C)=C/C(=O)Nc1ccc(Br)cc1C. The summed E-state index contributed by atoms with van der Waals surface area (Å²) in [5.74, 6) is 0.461. The highest BCUT2D eigenvalue weighted by atomic mass is 79.9. The normalized spacial score (nSPS) is 11.5. The van der Waals surface area contributed by atoms with Crippen LogP contribution in [0.3, 0.4) is 0 Å². The number of ether oxygens (including phenoxy) is 1. The van der Waals surface area contributed by atoms with Crippen LogP contribution in [-0.4, -0.2) is 13.0 Å². The van der Waals surface area contributed by atoms with Gasteiger partial charge in [-0.1, -0.05) is 46.3 Å². The predicted octanol–water partition coefficient (Wildman–Crippen LogP) is 7.22. The quantitative estimate of drug-likeness (QED) is 0.310. The Kier molecular flexibility index (Phi) is 5.96. The first-order valence-electron chi connectivity index (χ1n) is 9.86. The summed E-state index contributed by atoms with van der Waals surface area (Å²) in [7, 11) is 1.62. The number of nitrogens with one attached hydrogen (secondary N) is 1. The summed E-state index contributed by atoms with van der Waals surface area (Å²) < 4.78 is 12.3. The van der Waals surface area contributed by atoms with E-state index in [9.17, 15) is 4.79 Å². The Morgan fingerprint density at radius 2 is 1.87 bits per heavy atom. The van der Waals surface area contributed by atoms with Gasteiger partial charge in [-0.25, -0.2) is 0 Å². The van der Waals surface area contributed by atoms with Gasteiger partial charge < -0.3 is 14.5 Å². The molecule has 1 N–H and O–H groups in total. The van der Waals surface area contributed by atoms with Crippen molar-refractivity contribution in [3.63, 3.8) is 0 Å². The first-order valence-corrected chi connectivity index (χ1v) is 10.7. The highest BCUT2D eigenvalue weighted by molar-refractivity contribution is 9.10. The lowest BCUT2D eigenvalue weighted by Gasteiger charge is -2.11. The number of benzene rings is 3. The van der Waals surface area contributed by atoms with Gasteiger partial charge in [-0.2, -0.15) is 0 Å². The number of allylic oxidation sites excluding steroid dienone is 1. The third kappa shape index (κ3) is 4.42. The lowest BCUT2D eigenvalue weighted by molar-refractivity contribution is -0.111. The molecule has 0 bridgehead atoms. The molecule has 1 aromatic heterocycles. The van der Waals surface area contributed by atoms with Gasteiger partial charge in [-0.05, 0) is 54.8 Å². The average molecular weight is 476 g/mol. The van der Waals surface area contributed by atoms with Crippen LogP contribution in [0.2, 0.25) is 0 Å². The van der Waals surface area contributed by atoms with Gasteiger partial charge in [-0.15, -0.1) is 0 Å². The molecule has 4 nitrogen and oxygen atoms in total.